The van der Waals surface area contributed by atoms with Gasteiger partial charge in [0.25, 0.3) is 5.56 Å². The van der Waals surface area contributed by atoms with Gasteiger partial charge in [0.2, 0.25) is 0 Å². The Balaban J connectivity index is 1.71. The van der Waals surface area contributed by atoms with Crippen LogP contribution in [0.3, 0.4) is 0 Å². The number of rotatable bonds is 5. The van der Waals surface area contributed by atoms with Crippen molar-refractivity contribution < 1.29 is 8.78 Å². The van der Waals surface area contributed by atoms with Crippen molar-refractivity contribution in [3.8, 4) is 5.69 Å². The fourth-order valence-corrected chi connectivity index (χ4v) is 4.56. The van der Waals surface area contributed by atoms with Crippen LogP contribution in [0.1, 0.15) is 42.5 Å². The Morgan fingerprint density at radius 3 is 2.68 bits per heavy atom. The third-order valence-electron chi connectivity index (χ3n) is 6.20. The van der Waals surface area contributed by atoms with Gasteiger partial charge in [-0.25, -0.2) is 18.8 Å². The molecule has 0 bridgehead atoms. The molecule has 0 radical (unpaired) electrons. The normalized spacial score (nSPS) is 16.1. The second-order valence-corrected chi connectivity index (χ2v) is 8.45. The fraction of sp³-hybridized carbons (Fsp3) is 0.240. The largest absolute Gasteiger partial charge is 0.344 e. The highest BCUT2D eigenvalue weighted by atomic mass is 19.1. The third kappa shape index (κ3) is 3.67. The van der Waals surface area contributed by atoms with E-state index >= 15 is 0 Å². The molecule has 2 aromatic heterocycles. The molecule has 2 N–H and O–H groups in total. The van der Waals surface area contributed by atoms with Gasteiger partial charge in [-0.2, -0.15) is 0 Å². The van der Waals surface area contributed by atoms with Gasteiger partial charge in [0.1, 0.15) is 23.5 Å². The van der Waals surface area contributed by atoms with Crippen LogP contribution in [0.4, 0.5) is 14.6 Å². The lowest BCUT2D eigenvalue weighted by Crippen LogP contribution is -2.40. The Labute approximate surface area is 194 Å². The number of imidazole rings is 1. The first-order valence-corrected chi connectivity index (χ1v) is 11.0. The van der Waals surface area contributed by atoms with Crippen LogP contribution in [0, 0.1) is 18.6 Å². The Morgan fingerprint density at radius 1 is 1.18 bits per heavy atom. The van der Waals surface area contributed by atoms with E-state index in [0.29, 0.717) is 23.3 Å². The molecule has 1 aliphatic rings. The first kappa shape index (κ1) is 22.0. The number of aromatic amines is 1. The fourth-order valence-electron chi connectivity index (χ4n) is 4.56. The van der Waals surface area contributed by atoms with Crippen LogP contribution in [-0.2, 0) is 0 Å². The minimum Gasteiger partial charge on any atom is -0.344 e. The molecule has 0 amide bonds. The molecule has 4 aromatic rings. The summed E-state index contributed by atoms with van der Waals surface area (Å²) in [6.45, 7) is 3.84. The lowest BCUT2D eigenvalue weighted by molar-refractivity contribution is 0.271. The van der Waals surface area contributed by atoms with Crippen LogP contribution in [-0.4, -0.2) is 32.8 Å². The smallest absolute Gasteiger partial charge is 0.263 e. The summed E-state index contributed by atoms with van der Waals surface area (Å²) in [7, 11) is 1.88. The number of aromatic nitrogens is 3. The van der Waals surface area contributed by atoms with Crippen molar-refractivity contribution in [2.45, 2.75) is 32.5 Å². The predicted octanol–water partition coefficient (Wildman–Crippen LogP) is 4.65. The van der Waals surface area contributed by atoms with Gasteiger partial charge < -0.3 is 9.88 Å². The van der Waals surface area contributed by atoms with Gasteiger partial charge in [-0.3, -0.25) is 14.7 Å². The number of nitrogens with one attached hydrogen (secondary N) is 2. The first-order valence-electron chi connectivity index (χ1n) is 11.0. The van der Waals surface area contributed by atoms with Gasteiger partial charge in [-0.05, 0) is 42.5 Å². The van der Waals surface area contributed by atoms with Crippen molar-refractivity contribution in [2.24, 2.45) is 4.99 Å². The van der Waals surface area contributed by atoms with Gasteiger partial charge >= 0.3 is 0 Å². The molecule has 0 saturated carbocycles. The minimum atomic E-state index is -0.747. The van der Waals surface area contributed by atoms with Crippen LogP contribution >= 0.6 is 0 Å². The summed E-state index contributed by atoms with van der Waals surface area (Å²) in [4.78, 5) is 27.4. The van der Waals surface area contributed by atoms with Gasteiger partial charge in [-0.15, -0.1) is 0 Å². The van der Waals surface area contributed by atoms with E-state index in [1.165, 1.54) is 16.7 Å². The molecule has 2 atom stereocenters. The standard InChI is InChI=1S/C25H24F2N6O/c1-4-19(31-24-22-23(29-12-28-22)30-13-32(24)3)20-8-15-7-5-6-14(2)21(15)25(34)33(20)18-10-16(26)9-17(27)11-18/h5-13,19,24,31H,4H2,1-3H3,(H,28,29). The van der Waals surface area contributed by atoms with E-state index in [1.807, 2.05) is 50.1 Å². The molecular formula is C25H24F2N6O. The van der Waals surface area contributed by atoms with Crippen LogP contribution in [0.15, 0.2) is 58.6 Å². The molecule has 7 nitrogen and oxygen atoms in total. The highest BCUT2D eigenvalue weighted by molar-refractivity contribution is 5.85. The lowest BCUT2D eigenvalue weighted by atomic mass is 10.0. The maximum atomic E-state index is 14.2. The highest BCUT2D eigenvalue weighted by Crippen LogP contribution is 2.32. The number of hydrogen-bond acceptors (Lipinski definition) is 5. The third-order valence-corrected chi connectivity index (χ3v) is 6.20. The maximum absolute atomic E-state index is 14.2. The SMILES string of the molecule is CCC(NC1c2nc[nH]c2N=CN1C)c1cc2cccc(C)c2c(=O)n1-c1cc(F)cc(F)c1. The molecule has 0 saturated heterocycles. The molecule has 0 fully saturated rings. The molecular weight excluding hydrogens is 438 g/mol. The van der Waals surface area contributed by atoms with Crippen LogP contribution in [0.2, 0.25) is 0 Å². The van der Waals surface area contributed by atoms with Crippen molar-refractivity contribution in [1.82, 2.24) is 24.8 Å². The van der Waals surface area contributed by atoms with E-state index in [4.69, 9.17) is 0 Å². The Morgan fingerprint density at radius 2 is 1.94 bits per heavy atom. The molecule has 2 aromatic carbocycles. The molecule has 1 aliphatic heterocycles. The zero-order valence-electron chi connectivity index (χ0n) is 19.0. The summed E-state index contributed by atoms with van der Waals surface area (Å²) in [6, 6.07) is 10.3. The predicted molar refractivity (Wildman–Crippen MR) is 128 cm³/mol. The van der Waals surface area contributed by atoms with Gasteiger partial charge in [0.05, 0.1) is 23.7 Å². The van der Waals surface area contributed by atoms with Crippen molar-refractivity contribution >= 4 is 22.9 Å². The van der Waals surface area contributed by atoms with Gasteiger partial charge in [0.15, 0.2) is 5.82 Å². The number of pyridine rings is 1. The second-order valence-electron chi connectivity index (χ2n) is 8.45. The summed E-state index contributed by atoms with van der Waals surface area (Å²) >= 11 is 0. The molecule has 5 rings (SSSR count). The molecule has 2 unspecified atom stereocenters. The summed E-state index contributed by atoms with van der Waals surface area (Å²) in [5.41, 5.74) is 1.94. The van der Waals surface area contributed by atoms with E-state index < -0.39 is 11.6 Å². The molecule has 174 valence electrons. The summed E-state index contributed by atoms with van der Waals surface area (Å²) in [6.07, 6.45) is 3.57. The number of aryl methyl sites for hydroxylation is 1. The van der Waals surface area contributed by atoms with Gasteiger partial charge in [0, 0.05) is 24.8 Å². The number of aliphatic imine (C=N–C) groups is 1. The van der Waals surface area contributed by atoms with Crippen LogP contribution < -0.4 is 10.9 Å². The number of halogens is 2. The average Bonchev–Trinajstić information content (AvgIpc) is 3.27. The van der Waals surface area contributed by atoms with E-state index in [0.717, 1.165) is 22.7 Å². The van der Waals surface area contributed by atoms with Gasteiger partial charge in [-0.1, -0.05) is 25.1 Å². The molecule has 0 spiro atoms. The topological polar surface area (TPSA) is 78.3 Å². The van der Waals surface area contributed by atoms with E-state index in [9.17, 15) is 13.6 Å². The van der Waals surface area contributed by atoms with Crippen molar-refractivity contribution in [3.05, 3.63) is 87.7 Å². The van der Waals surface area contributed by atoms with Crippen molar-refractivity contribution in [3.63, 3.8) is 0 Å². The van der Waals surface area contributed by atoms with Crippen LogP contribution in [0.5, 0.6) is 0 Å². The Bertz CT molecular complexity index is 1450. The van der Waals surface area contributed by atoms with Crippen molar-refractivity contribution in [1.29, 1.82) is 0 Å². The average molecular weight is 463 g/mol. The Kier molecular flexibility index (Phi) is 5.49. The number of H-pyrrole nitrogens is 1. The molecule has 9 heteroatoms. The van der Waals surface area contributed by atoms with Crippen molar-refractivity contribution in [2.75, 3.05) is 7.05 Å². The first-order chi connectivity index (χ1) is 16.4. The zero-order chi connectivity index (χ0) is 24.0. The Hall–Kier alpha value is -3.85. The number of benzene rings is 2. The minimum absolute atomic E-state index is 0.141. The quantitative estimate of drug-likeness (QED) is 0.453. The highest BCUT2D eigenvalue weighted by Gasteiger charge is 2.29. The summed E-state index contributed by atoms with van der Waals surface area (Å²) < 4.78 is 29.8. The van der Waals surface area contributed by atoms with Crippen LogP contribution in [0.25, 0.3) is 16.5 Å². The monoisotopic (exact) mass is 462 g/mol. The number of nitrogens with zero attached hydrogens (tertiary/aromatic N) is 4. The molecule has 3 heterocycles. The molecule has 0 aliphatic carbocycles. The number of hydrogen-bond donors (Lipinski definition) is 2. The zero-order valence-corrected chi connectivity index (χ0v) is 19.0. The maximum Gasteiger partial charge on any atom is 0.263 e. The van der Waals surface area contributed by atoms with E-state index in [-0.39, 0.29) is 23.5 Å². The van der Waals surface area contributed by atoms with E-state index in [1.54, 1.807) is 12.7 Å². The number of fused-ring (bicyclic) bond motifs is 2. The summed E-state index contributed by atoms with van der Waals surface area (Å²) in [5, 5.41) is 4.85. The lowest BCUT2D eigenvalue weighted by Gasteiger charge is -2.33. The second kappa shape index (κ2) is 8.49. The summed E-state index contributed by atoms with van der Waals surface area (Å²) in [5.74, 6) is -0.838. The molecule has 34 heavy (non-hydrogen) atoms. The van der Waals surface area contributed by atoms with E-state index in [2.05, 4.69) is 20.3 Å².